The van der Waals surface area contributed by atoms with E-state index in [0.29, 0.717) is 37.1 Å². The van der Waals surface area contributed by atoms with Crippen LogP contribution in [0.15, 0.2) is 36.4 Å². The number of amides is 4. The highest BCUT2D eigenvalue weighted by Gasteiger charge is 2.46. The van der Waals surface area contributed by atoms with Crippen LogP contribution in [-0.2, 0) is 19.2 Å². The Hall–Kier alpha value is -2.96. The van der Waals surface area contributed by atoms with Crippen molar-refractivity contribution in [1.29, 1.82) is 0 Å². The van der Waals surface area contributed by atoms with Crippen LogP contribution in [0.25, 0.3) is 0 Å². The molecule has 0 aromatic heterocycles. The van der Waals surface area contributed by atoms with E-state index in [-0.39, 0.29) is 48.4 Å². The van der Waals surface area contributed by atoms with Crippen LogP contribution in [0.1, 0.15) is 45.4 Å². The van der Waals surface area contributed by atoms with Crippen molar-refractivity contribution < 1.29 is 19.2 Å². The monoisotopic (exact) mass is 397 g/mol. The predicted octanol–water partition coefficient (Wildman–Crippen LogP) is 3.10. The molecule has 1 aliphatic carbocycles. The number of fused-ring (bicyclic) bond motifs is 1. The zero-order valence-electron chi connectivity index (χ0n) is 16.6. The van der Waals surface area contributed by atoms with E-state index in [1.807, 2.05) is 19.1 Å². The molecule has 29 heavy (non-hydrogen) atoms. The Morgan fingerprint density at radius 2 is 1.45 bits per heavy atom. The summed E-state index contributed by atoms with van der Waals surface area (Å²) in [5.74, 6) is -1.03. The highest BCUT2D eigenvalue weighted by atomic mass is 16.2. The Morgan fingerprint density at radius 3 is 1.97 bits per heavy atom. The molecule has 2 aliphatic rings. The summed E-state index contributed by atoms with van der Waals surface area (Å²) in [4.78, 5) is 50.4. The molecule has 1 fully saturated rings. The van der Waals surface area contributed by atoms with Crippen LogP contribution in [0.3, 0.4) is 0 Å². The normalized spacial score (nSPS) is 20.5. The lowest BCUT2D eigenvalue weighted by atomic mass is 9.85. The van der Waals surface area contributed by atoms with Gasteiger partial charge in [-0.2, -0.15) is 0 Å². The lowest BCUT2D eigenvalue weighted by Crippen LogP contribution is -2.32. The predicted molar refractivity (Wildman–Crippen MR) is 110 cm³/mol. The fourth-order valence-electron chi connectivity index (χ4n) is 3.84. The molecule has 154 valence electrons. The molecule has 1 aromatic carbocycles. The zero-order valence-corrected chi connectivity index (χ0v) is 16.6. The highest BCUT2D eigenvalue weighted by Crippen LogP contribution is 2.35. The van der Waals surface area contributed by atoms with Crippen LogP contribution in [0.5, 0.6) is 0 Å². The molecule has 0 radical (unpaired) electrons. The van der Waals surface area contributed by atoms with Gasteiger partial charge in [0, 0.05) is 19.4 Å². The van der Waals surface area contributed by atoms with Gasteiger partial charge in [0.1, 0.15) is 0 Å². The summed E-state index contributed by atoms with van der Waals surface area (Å²) in [6.45, 7) is 2.18. The van der Waals surface area contributed by atoms with Crippen LogP contribution < -0.4 is 10.6 Å². The number of carbonyl (C=O) groups is 4. The van der Waals surface area contributed by atoms with Crippen LogP contribution in [0, 0.1) is 11.8 Å². The number of hydrogen-bond acceptors (Lipinski definition) is 4. The first-order chi connectivity index (χ1) is 14.0. The van der Waals surface area contributed by atoms with Gasteiger partial charge in [-0.15, -0.1) is 0 Å². The van der Waals surface area contributed by atoms with Gasteiger partial charge in [-0.3, -0.25) is 24.1 Å². The fraction of sp³-hybridized carbons (Fsp3) is 0.455. The molecule has 2 atom stereocenters. The SMILES string of the molecule is CCCC(=O)Nc1ccccc1NC(=O)CCCN1C(=O)[C@@H]2CC=CC[C@H]2C1=O. The molecule has 4 amide bonds. The molecule has 0 saturated carbocycles. The van der Waals surface area contributed by atoms with Crippen LogP contribution >= 0.6 is 0 Å². The molecular weight excluding hydrogens is 370 g/mol. The van der Waals surface area contributed by atoms with Crippen LogP contribution in [-0.4, -0.2) is 35.1 Å². The molecule has 0 spiro atoms. The van der Waals surface area contributed by atoms with Crippen LogP contribution in [0.2, 0.25) is 0 Å². The molecule has 1 aromatic rings. The van der Waals surface area contributed by atoms with Crippen molar-refractivity contribution in [2.75, 3.05) is 17.2 Å². The van der Waals surface area contributed by atoms with Gasteiger partial charge in [0.25, 0.3) is 0 Å². The van der Waals surface area contributed by atoms with Crippen molar-refractivity contribution in [2.45, 2.75) is 45.4 Å². The smallest absolute Gasteiger partial charge is 0.233 e. The molecule has 7 nitrogen and oxygen atoms in total. The van der Waals surface area contributed by atoms with Gasteiger partial charge in [-0.1, -0.05) is 31.2 Å². The first kappa shape index (κ1) is 20.8. The maximum atomic E-state index is 12.4. The van der Waals surface area contributed by atoms with Gasteiger partial charge in [-0.05, 0) is 37.8 Å². The number of allylic oxidation sites excluding steroid dienone is 2. The maximum Gasteiger partial charge on any atom is 0.233 e. The summed E-state index contributed by atoms with van der Waals surface area (Å²) in [5, 5.41) is 5.60. The highest BCUT2D eigenvalue weighted by molar-refractivity contribution is 6.05. The molecule has 3 rings (SSSR count). The molecular formula is C22H27N3O4. The molecule has 1 saturated heterocycles. The first-order valence-corrected chi connectivity index (χ1v) is 10.2. The van der Waals surface area contributed by atoms with Gasteiger partial charge in [0.05, 0.1) is 23.2 Å². The number of nitrogens with one attached hydrogen (secondary N) is 2. The van der Waals surface area contributed by atoms with Crippen molar-refractivity contribution in [1.82, 2.24) is 4.90 Å². The molecule has 1 aliphatic heterocycles. The number of nitrogens with zero attached hydrogens (tertiary/aromatic N) is 1. The van der Waals surface area contributed by atoms with E-state index in [2.05, 4.69) is 10.6 Å². The molecule has 7 heteroatoms. The second kappa shape index (κ2) is 9.49. The topological polar surface area (TPSA) is 95.6 Å². The maximum absolute atomic E-state index is 12.4. The number of carbonyl (C=O) groups excluding carboxylic acids is 4. The van der Waals surface area contributed by atoms with E-state index in [1.165, 1.54) is 4.90 Å². The Bertz CT molecular complexity index is 807. The Labute approximate surface area is 170 Å². The molecule has 0 unspecified atom stereocenters. The summed E-state index contributed by atoms with van der Waals surface area (Å²) >= 11 is 0. The molecule has 1 heterocycles. The van der Waals surface area contributed by atoms with Gasteiger partial charge in [-0.25, -0.2) is 0 Å². The fourth-order valence-corrected chi connectivity index (χ4v) is 3.84. The third kappa shape index (κ3) is 4.91. The minimum absolute atomic E-state index is 0.101. The number of anilines is 2. The van der Waals surface area contributed by atoms with E-state index >= 15 is 0 Å². The minimum Gasteiger partial charge on any atom is -0.324 e. The summed E-state index contributed by atoms with van der Waals surface area (Å²) < 4.78 is 0. The van der Waals surface area contributed by atoms with Gasteiger partial charge in [0.15, 0.2) is 0 Å². The average Bonchev–Trinajstić information content (AvgIpc) is 2.95. The quantitative estimate of drug-likeness (QED) is 0.520. The third-order valence-corrected chi connectivity index (χ3v) is 5.34. The van der Waals surface area contributed by atoms with E-state index in [9.17, 15) is 19.2 Å². The van der Waals surface area contributed by atoms with Crippen molar-refractivity contribution in [2.24, 2.45) is 11.8 Å². The summed E-state index contributed by atoms with van der Waals surface area (Å²) in [5.41, 5.74) is 1.09. The minimum atomic E-state index is -0.236. The number of imide groups is 1. The lowest BCUT2D eigenvalue weighted by Gasteiger charge is -2.15. The van der Waals surface area contributed by atoms with Crippen molar-refractivity contribution in [3.8, 4) is 0 Å². The number of hydrogen-bond donors (Lipinski definition) is 2. The Kier molecular flexibility index (Phi) is 6.80. The molecule has 0 bridgehead atoms. The molecule has 2 N–H and O–H groups in total. The van der Waals surface area contributed by atoms with Crippen molar-refractivity contribution in [3.05, 3.63) is 36.4 Å². The third-order valence-electron chi connectivity index (χ3n) is 5.34. The largest absolute Gasteiger partial charge is 0.324 e. The van der Waals surface area contributed by atoms with Crippen LogP contribution in [0.4, 0.5) is 11.4 Å². The number of para-hydroxylation sites is 2. The average molecular weight is 397 g/mol. The standard InChI is InChI=1S/C22H27N3O4/c1-2-8-19(26)23-17-11-5-6-12-18(17)24-20(27)13-7-14-25-21(28)15-9-3-4-10-16(15)22(25)29/h3-6,11-12,15-16H,2,7-10,13-14H2,1H3,(H,23,26)(H,24,27)/t15-,16-/m1/s1. The van der Waals surface area contributed by atoms with Gasteiger partial charge < -0.3 is 10.6 Å². The first-order valence-electron chi connectivity index (χ1n) is 10.2. The summed E-state index contributed by atoms with van der Waals surface area (Å²) in [6.07, 6.45) is 6.89. The number of benzene rings is 1. The Balaban J connectivity index is 1.50. The number of rotatable bonds is 8. The van der Waals surface area contributed by atoms with E-state index < -0.39 is 0 Å². The lowest BCUT2D eigenvalue weighted by molar-refractivity contribution is -0.140. The summed E-state index contributed by atoms with van der Waals surface area (Å²) in [7, 11) is 0. The van der Waals surface area contributed by atoms with Gasteiger partial charge >= 0.3 is 0 Å². The zero-order chi connectivity index (χ0) is 20.8. The second-order valence-electron chi connectivity index (χ2n) is 7.48. The van der Waals surface area contributed by atoms with E-state index in [4.69, 9.17) is 0 Å². The second-order valence-corrected chi connectivity index (χ2v) is 7.48. The summed E-state index contributed by atoms with van der Waals surface area (Å²) in [6, 6.07) is 7.03. The Morgan fingerprint density at radius 1 is 0.931 bits per heavy atom. The van der Waals surface area contributed by atoms with Crippen molar-refractivity contribution >= 4 is 35.0 Å². The van der Waals surface area contributed by atoms with Gasteiger partial charge in [0.2, 0.25) is 23.6 Å². The van der Waals surface area contributed by atoms with Crippen molar-refractivity contribution in [3.63, 3.8) is 0 Å². The van der Waals surface area contributed by atoms with E-state index in [1.54, 1.807) is 24.3 Å². The van der Waals surface area contributed by atoms with E-state index in [0.717, 1.165) is 6.42 Å². The number of likely N-dealkylation sites (tertiary alicyclic amines) is 1.